The van der Waals surface area contributed by atoms with Crippen LogP contribution in [0.4, 0.5) is 11.4 Å². The van der Waals surface area contributed by atoms with Crippen molar-refractivity contribution in [3.8, 4) is 17.2 Å². The highest BCUT2D eigenvalue weighted by molar-refractivity contribution is 6.05. The minimum Gasteiger partial charge on any atom is -0.490 e. The van der Waals surface area contributed by atoms with E-state index < -0.39 is 5.41 Å². The topological polar surface area (TPSA) is 77.1 Å². The Morgan fingerprint density at radius 1 is 1.16 bits per heavy atom. The van der Waals surface area contributed by atoms with E-state index in [0.717, 1.165) is 0 Å². The molecule has 2 aromatic carbocycles. The molecule has 0 aromatic heterocycles. The number of amides is 2. The smallest absolute Gasteiger partial charge is 0.255 e. The zero-order valence-corrected chi connectivity index (χ0v) is 19.1. The van der Waals surface area contributed by atoms with Gasteiger partial charge in [-0.25, -0.2) is 0 Å². The Bertz CT molecular complexity index is 1020. The standard InChI is InChI=1S/C25H30N2O5/c1-6-13-27-19-11-10-18(15-21(19)32-16-25(4,5)24(27)29)26-23(28)17-9-12-20(30-7-2)22(14-17)31-8-3/h6,9-12,14-15H,1,7-8,13,16H2,2-5H3,(H,26,28). The maximum Gasteiger partial charge on any atom is 0.255 e. The molecule has 0 bridgehead atoms. The first-order chi connectivity index (χ1) is 15.3. The van der Waals surface area contributed by atoms with E-state index in [9.17, 15) is 9.59 Å². The van der Waals surface area contributed by atoms with Gasteiger partial charge in [-0.05, 0) is 58.0 Å². The first-order valence-electron chi connectivity index (χ1n) is 10.7. The van der Waals surface area contributed by atoms with E-state index in [1.807, 2.05) is 27.7 Å². The second-order valence-corrected chi connectivity index (χ2v) is 8.04. The first kappa shape index (κ1) is 23.2. The molecule has 7 nitrogen and oxygen atoms in total. The summed E-state index contributed by atoms with van der Waals surface area (Å²) in [7, 11) is 0. The molecule has 1 aliphatic heterocycles. The third kappa shape index (κ3) is 4.88. The van der Waals surface area contributed by atoms with E-state index in [-0.39, 0.29) is 18.4 Å². The van der Waals surface area contributed by atoms with Crippen LogP contribution in [0, 0.1) is 5.41 Å². The Labute approximate surface area is 189 Å². The number of nitrogens with zero attached hydrogens (tertiary/aromatic N) is 1. The number of rotatable bonds is 8. The Kier molecular flexibility index (Phi) is 7.08. The second-order valence-electron chi connectivity index (χ2n) is 8.04. The fourth-order valence-corrected chi connectivity index (χ4v) is 3.43. The van der Waals surface area contributed by atoms with Gasteiger partial charge < -0.3 is 24.4 Å². The molecule has 2 aromatic rings. The number of nitrogens with one attached hydrogen (secondary N) is 1. The van der Waals surface area contributed by atoms with Gasteiger partial charge in [-0.2, -0.15) is 0 Å². The number of fused-ring (bicyclic) bond motifs is 1. The summed E-state index contributed by atoms with van der Waals surface area (Å²) in [5, 5.41) is 2.89. The molecule has 0 saturated heterocycles. The van der Waals surface area contributed by atoms with Gasteiger partial charge in [0.05, 0.1) is 24.3 Å². The number of benzene rings is 2. The number of carbonyl (C=O) groups excluding carboxylic acids is 2. The number of hydrogen-bond donors (Lipinski definition) is 1. The molecule has 2 amide bonds. The predicted molar refractivity (Wildman–Crippen MR) is 125 cm³/mol. The highest BCUT2D eigenvalue weighted by Crippen LogP contribution is 2.38. The lowest BCUT2D eigenvalue weighted by Gasteiger charge is -2.27. The number of anilines is 2. The van der Waals surface area contributed by atoms with Crippen LogP contribution in [0.3, 0.4) is 0 Å². The third-order valence-electron chi connectivity index (χ3n) is 5.04. The van der Waals surface area contributed by atoms with Gasteiger partial charge in [-0.3, -0.25) is 9.59 Å². The predicted octanol–water partition coefficient (Wildman–Crippen LogP) is 4.67. The number of ether oxygens (including phenoxy) is 3. The summed E-state index contributed by atoms with van der Waals surface area (Å²) >= 11 is 0. The van der Waals surface area contributed by atoms with E-state index in [2.05, 4.69) is 11.9 Å². The van der Waals surface area contributed by atoms with Crippen molar-refractivity contribution in [1.82, 2.24) is 0 Å². The molecule has 0 saturated carbocycles. The summed E-state index contributed by atoms with van der Waals surface area (Å²) in [6, 6.07) is 10.3. The van der Waals surface area contributed by atoms with E-state index in [4.69, 9.17) is 14.2 Å². The van der Waals surface area contributed by atoms with E-state index >= 15 is 0 Å². The van der Waals surface area contributed by atoms with Crippen molar-refractivity contribution in [2.75, 3.05) is 36.6 Å². The van der Waals surface area contributed by atoms with Gasteiger partial charge in [-0.15, -0.1) is 6.58 Å². The molecule has 0 aliphatic carbocycles. The summed E-state index contributed by atoms with van der Waals surface area (Å²) < 4.78 is 17.1. The van der Waals surface area contributed by atoms with Gasteiger partial charge in [0.2, 0.25) is 5.91 Å². The Morgan fingerprint density at radius 2 is 1.88 bits per heavy atom. The molecule has 0 fully saturated rings. The van der Waals surface area contributed by atoms with E-state index in [0.29, 0.717) is 53.9 Å². The van der Waals surface area contributed by atoms with Gasteiger partial charge >= 0.3 is 0 Å². The average molecular weight is 439 g/mol. The lowest BCUT2D eigenvalue weighted by Crippen LogP contribution is -2.42. The minimum atomic E-state index is -0.677. The van der Waals surface area contributed by atoms with Crippen LogP contribution < -0.4 is 24.4 Å². The van der Waals surface area contributed by atoms with Crippen molar-refractivity contribution >= 4 is 23.2 Å². The van der Waals surface area contributed by atoms with Gasteiger partial charge in [0.15, 0.2) is 11.5 Å². The molecule has 1 N–H and O–H groups in total. The lowest BCUT2D eigenvalue weighted by molar-refractivity contribution is -0.127. The molecule has 7 heteroatoms. The summed E-state index contributed by atoms with van der Waals surface area (Å²) in [6.45, 7) is 12.8. The van der Waals surface area contributed by atoms with Crippen LogP contribution in [0.5, 0.6) is 17.2 Å². The molecule has 0 spiro atoms. The zero-order chi connectivity index (χ0) is 23.3. The molecule has 1 heterocycles. The Balaban J connectivity index is 1.86. The van der Waals surface area contributed by atoms with Crippen molar-refractivity contribution in [3.05, 3.63) is 54.6 Å². The molecule has 3 rings (SSSR count). The van der Waals surface area contributed by atoms with E-state index in [1.54, 1.807) is 47.4 Å². The molecule has 1 aliphatic rings. The van der Waals surface area contributed by atoms with Gasteiger partial charge in [0.1, 0.15) is 12.4 Å². The van der Waals surface area contributed by atoms with Crippen molar-refractivity contribution in [2.45, 2.75) is 27.7 Å². The monoisotopic (exact) mass is 438 g/mol. The quantitative estimate of drug-likeness (QED) is 0.606. The molecule has 0 radical (unpaired) electrons. The third-order valence-corrected chi connectivity index (χ3v) is 5.04. The molecular weight excluding hydrogens is 408 g/mol. The molecular formula is C25H30N2O5. The molecule has 0 unspecified atom stereocenters. The lowest BCUT2D eigenvalue weighted by atomic mass is 9.93. The maximum atomic E-state index is 12.9. The normalized spacial score (nSPS) is 14.6. The number of hydrogen-bond acceptors (Lipinski definition) is 5. The van der Waals surface area contributed by atoms with Gasteiger partial charge in [0, 0.05) is 23.9 Å². The van der Waals surface area contributed by atoms with E-state index in [1.165, 1.54) is 0 Å². The summed E-state index contributed by atoms with van der Waals surface area (Å²) in [6.07, 6.45) is 1.68. The summed E-state index contributed by atoms with van der Waals surface area (Å²) in [4.78, 5) is 27.5. The molecule has 170 valence electrons. The van der Waals surface area contributed by atoms with Crippen LogP contribution in [-0.4, -0.2) is 38.2 Å². The van der Waals surface area contributed by atoms with Crippen LogP contribution in [0.15, 0.2) is 49.1 Å². The molecule has 32 heavy (non-hydrogen) atoms. The average Bonchev–Trinajstić information content (AvgIpc) is 2.85. The van der Waals surface area contributed by atoms with Gasteiger partial charge in [0.25, 0.3) is 5.91 Å². The largest absolute Gasteiger partial charge is 0.490 e. The highest BCUT2D eigenvalue weighted by atomic mass is 16.5. The minimum absolute atomic E-state index is 0.0363. The summed E-state index contributed by atoms with van der Waals surface area (Å²) in [5.41, 5.74) is 0.977. The highest BCUT2D eigenvalue weighted by Gasteiger charge is 2.37. The maximum absolute atomic E-state index is 12.9. The van der Waals surface area contributed by atoms with Crippen molar-refractivity contribution in [3.63, 3.8) is 0 Å². The Hall–Kier alpha value is -3.48. The zero-order valence-electron chi connectivity index (χ0n) is 19.1. The number of carbonyl (C=O) groups is 2. The van der Waals surface area contributed by atoms with Crippen molar-refractivity contribution in [1.29, 1.82) is 0 Å². The van der Waals surface area contributed by atoms with Crippen molar-refractivity contribution in [2.24, 2.45) is 5.41 Å². The SMILES string of the molecule is C=CCN1C(=O)C(C)(C)COc2cc(NC(=O)c3ccc(OCC)c(OCC)c3)ccc21. The van der Waals surface area contributed by atoms with Crippen LogP contribution in [0.2, 0.25) is 0 Å². The van der Waals surface area contributed by atoms with Crippen LogP contribution in [0.1, 0.15) is 38.1 Å². The van der Waals surface area contributed by atoms with Crippen molar-refractivity contribution < 1.29 is 23.8 Å². The fourth-order valence-electron chi connectivity index (χ4n) is 3.43. The molecule has 0 atom stereocenters. The Morgan fingerprint density at radius 3 is 2.56 bits per heavy atom. The van der Waals surface area contributed by atoms with Crippen LogP contribution >= 0.6 is 0 Å². The van der Waals surface area contributed by atoms with Crippen LogP contribution in [0.25, 0.3) is 0 Å². The second kappa shape index (κ2) is 9.77. The first-order valence-corrected chi connectivity index (χ1v) is 10.7. The van der Waals surface area contributed by atoms with Gasteiger partial charge in [-0.1, -0.05) is 6.08 Å². The van der Waals surface area contributed by atoms with Crippen LogP contribution in [-0.2, 0) is 4.79 Å². The summed E-state index contributed by atoms with van der Waals surface area (Å²) in [5.74, 6) is 1.32. The fraction of sp³-hybridized carbons (Fsp3) is 0.360.